The first-order valence-corrected chi connectivity index (χ1v) is 9.16. The minimum atomic E-state index is -1.40. The van der Waals surface area contributed by atoms with Crippen LogP contribution < -0.4 is 16.2 Å². The van der Waals surface area contributed by atoms with Crippen molar-refractivity contribution in [3.05, 3.63) is 45.4 Å². The maximum atomic E-state index is 15.2. The fourth-order valence-corrected chi connectivity index (χ4v) is 4.39. The Bertz CT molecular complexity index is 1070. The first-order chi connectivity index (χ1) is 13.0. The van der Waals surface area contributed by atoms with Crippen LogP contribution in [0.15, 0.2) is 17.1 Å². The van der Waals surface area contributed by atoms with Crippen LogP contribution in [0, 0.1) is 5.82 Å². The largest absolute Gasteiger partial charge is 0.476 e. The Hall–Kier alpha value is -2.74. The quantitative estimate of drug-likeness (QED) is 0.835. The van der Waals surface area contributed by atoms with Crippen LogP contribution in [0.4, 0.5) is 10.1 Å². The summed E-state index contributed by atoms with van der Waals surface area (Å²) < 4.78 is 16.3. The SMILES string of the molecule is NC1CC2CC=Cc3c(c(F)cn4c(=O)c(C(=O)O)nc(C5CC5)c34)N2C1. The normalized spacial score (nSPS) is 24.0. The predicted molar refractivity (Wildman–Crippen MR) is 97.7 cm³/mol. The van der Waals surface area contributed by atoms with E-state index < -0.39 is 23.0 Å². The molecule has 0 bridgehead atoms. The predicted octanol–water partition coefficient (Wildman–Crippen LogP) is 1.73. The summed E-state index contributed by atoms with van der Waals surface area (Å²) in [6, 6.07) is 0.0967. The number of carboxylic acid groups (broad SMARTS) is 1. The van der Waals surface area contributed by atoms with E-state index in [4.69, 9.17) is 5.73 Å². The van der Waals surface area contributed by atoms with Gasteiger partial charge in [0.15, 0.2) is 5.82 Å². The number of carboxylic acids is 1. The Morgan fingerprint density at radius 1 is 1.37 bits per heavy atom. The summed E-state index contributed by atoms with van der Waals surface area (Å²) >= 11 is 0. The summed E-state index contributed by atoms with van der Waals surface area (Å²) in [7, 11) is 0. The lowest BCUT2D eigenvalue weighted by atomic mass is 10.1. The molecule has 7 nitrogen and oxygen atoms in total. The van der Waals surface area contributed by atoms with Crippen LogP contribution in [-0.2, 0) is 0 Å². The average molecular weight is 370 g/mol. The van der Waals surface area contributed by atoms with E-state index in [0.29, 0.717) is 29.0 Å². The molecule has 1 saturated carbocycles. The third-order valence-corrected chi connectivity index (χ3v) is 5.71. The Balaban J connectivity index is 1.88. The second-order valence-electron chi connectivity index (χ2n) is 7.63. The van der Waals surface area contributed by atoms with Crippen molar-refractivity contribution in [2.75, 3.05) is 11.4 Å². The van der Waals surface area contributed by atoms with Crippen LogP contribution in [0.3, 0.4) is 0 Å². The Morgan fingerprint density at radius 2 is 2.15 bits per heavy atom. The lowest BCUT2D eigenvalue weighted by Crippen LogP contribution is -2.32. The molecule has 0 amide bonds. The van der Waals surface area contributed by atoms with Crippen molar-refractivity contribution in [2.24, 2.45) is 5.73 Å². The fourth-order valence-electron chi connectivity index (χ4n) is 4.39. The van der Waals surface area contributed by atoms with Gasteiger partial charge in [-0.15, -0.1) is 0 Å². The average Bonchev–Trinajstić information content (AvgIpc) is 3.40. The number of pyridine rings is 1. The van der Waals surface area contributed by atoms with Crippen LogP contribution in [0.1, 0.15) is 53.3 Å². The zero-order valence-corrected chi connectivity index (χ0v) is 14.6. The molecular weight excluding hydrogens is 351 g/mol. The Labute approximate surface area is 153 Å². The highest BCUT2D eigenvalue weighted by molar-refractivity contribution is 5.88. The summed E-state index contributed by atoms with van der Waals surface area (Å²) in [5.74, 6) is -1.84. The first kappa shape index (κ1) is 16.4. The molecule has 2 aromatic heterocycles. The van der Waals surface area contributed by atoms with Gasteiger partial charge in [-0.3, -0.25) is 9.20 Å². The highest BCUT2D eigenvalue weighted by Crippen LogP contribution is 2.44. The van der Waals surface area contributed by atoms with E-state index in [-0.39, 0.29) is 18.0 Å². The number of halogens is 1. The van der Waals surface area contributed by atoms with Crippen molar-refractivity contribution in [3.8, 4) is 0 Å². The monoisotopic (exact) mass is 370 g/mol. The molecule has 2 atom stereocenters. The molecule has 3 N–H and O–H groups in total. The standard InChI is InChI=1S/C19H19FN4O3/c20-13-8-24-17(14(9-4-5-9)22-15(18(24)25)19(26)27)12-3-1-2-11-6-10(21)7-23(11)16(12)13/h1,3,8-11H,2,4-7,21H2,(H,26,27). The molecular formula is C19H19FN4O3. The fraction of sp³-hybridized carbons (Fsp3) is 0.421. The number of nitrogens with two attached hydrogens (primary N) is 1. The number of rotatable bonds is 2. The molecule has 5 rings (SSSR count). The molecule has 0 spiro atoms. The van der Waals surface area contributed by atoms with Crippen LogP contribution >= 0.6 is 0 Å². The van der Waals surface area contributed by atoms with E-state index >= 15 is 4.39 Å². The highest BCUT2D eigenvalue weighted by Gasteiger charge is 2.37. The molecule has 4 heterocycles. The van der Waals surface area contributed by atoms with E-state index in [9.17, 15) is 14.7 Å². The lowest BCUT2D eigenvalue weighted by Gasteiger charge is -2.27. The third-order valence-electron chi connectivity index (χ3n) is 5.71. The summed E-state index contributed by atoms with van der Waals surface area (Å²) in [6.07, 6.45) is 8.22. The molecule has 0 radical (unpaired) electrons. The first-order valence-electron chi connectivity index (χ1n) is 9.16. The van der Waals surface area contributed by atoms with Crippen molar-refractivity contribution in [3.63, 3.8) is 0 Å². The third kappa shape index (κ3) is 2.39. The summed E-state index contributed by atoms with van der Waals surface area (Å²) in [4.78, 5) is 30.3. The topological polar surface area (TPSA) is 101 Å². The van der Waals surface area contributed by atoms with E-state index in [1.54, 1.807) is 0 Å². The number of hydrogen-bond acceptors (Lipinski definition) is 5. The Kier molecular flexibility index (Phi) is 3.42. The summed E-state index contributed by atoms with van der Waals surface area (Å²) in [5.41, 5.74) is 6.85. The molecule has 140 valence electrons. The summed E-state index contributed by atoms with van der Waals surface area (Å²) in [5, 5.41) is 9.35. The molecule has 2 unspecified atom stereocenters. The molecule has 2 fully saturated rings. The van der Waals surface area contributed by atoms with Gasteiger partial charge in [0.1, 0.15) is 0 Å². The minimum absolute atomic E-state index is 0.0254. The molecule has 1 aliphatic carbocycles. The maximum Gasteiger partial charge on any atom is 0.360 e. The van der Waals surface area contributed by atoms with E-state index in [1.807, 2.05) is 17.1 Å². The minimum Gasteiger partial charge on any atom is -0.476 e. The van der Waals surface area contributed by atoms with Crippen molar-refractivity contribution < 1.29 is 14.3 Å². The molecule has 1 saturated heterocycles. The molecule has 3 aliphatic rings. The van der Waals surface area contributed by atoms with Gasteiger partial charge in [0.25, 0.3) is 5.56 Å². The van der Waals surface area contributed by atoms with Gasteiger partial charge in [0, 0.05) is 30.1 Å². The van der Waals surface area contributed by atoms with Gasteiger partial charge in [-0.25, -0.2) is 14.2 Å². The number of fused-ring (bicyclic) bond motifs is 5. The Morgan fingerprint density at radius 3 is 2.85 bits per heavy atom. The van der Waals surface area contributed by atoms with Crippen molar-refractivity contribution in [2.45, 2.75) is 43.7 Å². The molecule has 0 aromatic carbocycles. The zero-order chi connectivity index (χ0) is 18.9. The number of aromatic nitrogens is 2. The number of nitrogens with zero attached hydrogens (tertiary/aromatic N) is 3. The molecule has 2 aliphatic heterocycles. The number of carbonyl (C=O) groups is 1. The number of anilines is 1. The van der Waals surface area contributed by atoms with Gasteiger partial charge in [-0.05, 0) is 25.7 Å². The summed E-state index contributed by atoms with van der Waals surface area (Å²) in [6.45, 7) is 0.552. The maximum absolute atomic E-state index is 15.2. The van der Waals surface area contributed by atoms with Gasteiger partial charge in [-0.2, -0.15) is 0 Å². The molecule has 2 aromatic rings. The number of hydrogen-bond donors (Lipinski definition) is 2. The van der Waals surface area contributed by atoms with Crippen LogP contribution in [0.25, 0.3) is 11.6 Å². The second-order valence-corrected chi connectivity index (χ2v) is 7.63. The van der Waals surface area contributed by atoms with Gasteiger partial charge < -0.3 is 15.7 Å². The van der Waals surface area contributed by atoms with Crippen LogP contribution in [0.5, 0.6) is 0 Å². The van der Waals surface area contributed by atoms with Crippen molar-refractivity contribution in [1.29, 1.82) is 0 Å². The highest BCUT2D eigenvalue weighted by atomic mass is 19.1. The van der Waals surface area contributed by atoms with Crippen molar-refractivity contribution in [1.82, 2.24) is 9.38 Å². The van der Waals surface area contributed by atoms with E-state index in [1.165, 1.54) is 0 Å². The van der Waals surface area contributed by atoms with Gasteiger partial charge in [0.2, 0.25) is 5.69 Å². The van der Waals surface area contributed by atoms with Gasteiger partial charge >= 0.3 is 5.97 Å². The second kappa shape index (κ2) is 5.63. The van der Waals surface area contributed by atoms with E-state index in [2.05, 4.69) is 4.98 Å². The van der Waals surface area contributed by atoms with Crippen molar-refractivity contribution >= 4 is 23.2 Å². The van der Waals surface area contributed by atoms with Gasteiger partial charge in [-0.1, -0.05) is 12.2 Å². The number of aromatic carboxylic acids is 1. The molecule has 27 heavy (non-hydrogen) atoms. The van der Waals surface area contributed by atoms with E-state index in [0.717, 1.165) is 36.3 Å². The lowest BCUT2D eigenvalue weighted by molar-refractivity contribution is 0.0688. The zero-order valence-electron chi connectivity index (χ0n) is 14.6. The smallest absolute Gasteiger partial charge is 0.360 e. The molecule has 8 heteroatoms. The van der Waals surface area contributed by atoms with Gasteiger partial charge in [0.05, 0.1) is 23.1 Å². The van der Waals surface area contributed by atoms with Crippen LogP contribution in [0.2, 0.25) is 0 Å². The van der Waals surface area contributed by atoms with Crippen LogP contribution in [-0.4, -0.2) is 39.1 Å².